The average molecular weight is 438 g/mol. The zero-order chi connectivity index (χ0) is 21.3. The lowest BCUT2D eigenvalue weighted by molar-refractivity contribution is -0.119. The standard InChI is InChI=1S/C22H23N5OS2/c1-14-22(30-15(2)24-14)19-13-29-21(25-19)9-17(28)12-27-11-16(10-23-27)18-7-5-6-8-20(18)26(3)4/h5-8,10-11,13H,9,12H2,1-4H3. The fourth-order valence-electron chi connectivity index (χ4n) is 3.37. The molecule has 1 aromatic carbocycles. The van der Waals surface area contributed by atoms with E-state index in [0.29, 0.717) is 6.42 Å². The lowest BCUT2D eigenvalue weighted by Crippen LogP contribution is -2.12. The minimum atomic E-state index is 0.0867. The second-order valence-corrected chi connectivity index (χ2v) is 9.47. The van der Waals surface area contributed by atoms with Crippen molar-refractivity contribution < 1.29 is 4.79 Å². The highest BCUT2D eigenvalue weighted by Gasteiger charge is 2.15. The summed E-state index contributed by atoms with van der Waals surface area (Å²) < 4.78 is 1.70. The first kappa shape index (κ1) is 20.4. The summed E-state index contributed by atoms with van der Waals surface area (Å²) in [6.07, 6.45) is 4.05. The Kier molecular flexibility index (Phi) is 5.78. The predicted octanol–water partition coefficient (Wildman–Crippen LogP) is 4.62. The molecule has 0 atom stereocenters. The van der Waals surface area contributed by atoms with Crippen LogP contribution in [0.3, 0.4) is 0 Å². The topological polar surface area (TPSA) is 63.9 Å². The first-order valence-corrected chi connectivity index (χ1v) is 11.3. The maximum absolute atomic E-state index is 12.6. The first-order valence-electron chi connectivity index (χ1n) is 9.60. The molecule has 3 heterocycles. The molecule has 0 bridgehead atoms. The van der Waals surface area contributed by atoms with Gasteiger partial charge in [0.25, 0.3) is 0 Å². The normalized spacial score (nSPS) is 11.1. The maximum Gasteiger partial charge on any atom is 0.161 e. The van der Waals surface area contributed by atoms with Crippen molar-refractivity contribution >= 4 is 34.1 Å². The number of para-hydroxylation sites is 1. The van der Waals surface area contributed by atoms with Crippen molar-refractivity contribution in [3.05, 3.63) is 57.7 Å². The van der Waals surface area contributed by atoms with E-state index in [9.17, 15) is 4.79 Å². The van der Waals surface area contributed by atoms with Crippen molar-refractivity contribution in [3.63, 3.8) is 0 Å². The Morgan fingerprint density at radius 3 is 2.70 bits per heavy atom. The highest BCUT2D eigenvalue weighted by atomic mass is 32.1. The molecule has 3 aromatic heterocycles. The number of ketones is 1. The number of rotatable bonds is 7. The molecular weight excluding hydrogens is 414 g/mol. The van der Waals surface area contributed by atoms with Crippen LogP contribution >= 0.6 is 22.7 Å². The van der Waals surface area contributed by atoms with Gasteiger partial charge in [-0.15, -0.1) is 22.7 Å². The molecule has 154 valence electrons. The van der Waals surface area contributed by atoms with E-state index in [4.69, 9.17) is 0 Å². The lowest BCUT2D eigenvalue weighted by atomic mass is 10.1. The van der Waals surface area contributed by atoms with Gasteiger partial charge >= 0.3 is 0 Å². The van der Waals surface area contributed by atoms with Gasteiger partial charge in [-0.3, -0.25) is 9.48 Å². The molecule has 8 heteroatoms. The summed E-state index contributed by atoms with van der Waals surface area (Å²) in [6.45, 7) is 4.22. The van der Waals surface area contributed by atoms with E-state index in [0.717, 1.165) is 43.1 Å². The minimum Gasteiger partial charge on any atom is -0.377 e. The van der Waals surface area contributed by atoms with Gasteiger partial charge in [0.05, 0.1) is 40.4 Å². The average Bonchev–Trinajstić information content (AvgIpc) is 3.42. The molecule has 30 heavy (non-hydrogen) atoms. The largest absolute Gasteiger partial charge is 0.377 e. The second-order valence-electron chi connectivity index (χ2n) is 7.33. The van der Waals surface area contributed by atoms with Crippen molar-refractivity contribution in [2.24, 2.45) is 0 Å². The Bertz CT molecular complexity index is 1190. The smallest absolute Gasteiger partial charge is 0.161 e. The highest BCUT2D eigenvalue weighted by Crippen LogP contribution is 2.31. The molecule has 0 amide bonds. The third-order valence-corrected chi connectivity index (χ3v) is 6.65. The van der Waals surface area contributed by atoms with Crippen molar-refractivity contribution in [1.82, 2.24) is 19.7 Å². The number of aromatic nitrogens is 4. The van der Waals surface area contributed by atoms with Crippen LogP contribution in [-0.4, -0.2) is 39.6 Å². The summed E-state index contributed by atoms with van der Waals surface area (Å²) >= 11 is 3.16. The van der Waals surface area contributed by atoms with Crippen molar-refractivity contribution in [1.29, 1.82) is 0 Å². The van der Waals surface area contributed by atoms with Crippen LogP contribution < -0.4 is 4.90 Å². The van der Waals surface area contributed by atoms with Crippen LogP contribution in [0.15, 0.2) is 42.0 Å². The number of carbonyl (C=O) groups excluding carboxylic acids is 1. The summed E-state index contributed by atoms with van der Waals surface area (Å²) in [5.74, 6) is 0.0867. The number of Topliss-reactive ketones (excluding diaryl/α,β-unsaturated/α-hetero) is 1. The van der Waals surface area contributed by atoms with Crippen LogP contribution in [0.25, 0.3) is 21.7 Å². The molecule has 0 aliphatic carbocycles. The van der Waals surface area contributed by atoms with Crippen LogP contribution in [0, 0.1) is 13.8 Å². The molecule has 0 aliphatic rings. The van der Waals surface area contributed by atoms with Gasteiger partial charge in [-0.2, -0.15) is 5.10 Å². The SMILES string of the molecule is Cc1nc(C)c(-c2csc(CC(=O)Cn3cc(-c4ccccc4N(C)C)cn3)n2)s1. The number of carbonyl (C=O) groups is 1. The van der Waals surface area contributed by atoms with E-state index in [-0.39, 0.29) is 12.3 Å². The van der Waals surface area contributed by atoms with Crippen LogP contribution in [0.2, 0.25) is 0 Å². The summed E-state index contributed by atoms with van der Waals surface area (Å²) in [6, 6.07) is 8.17. The Balaban J connectivity index is 1.44. The third-order valence-electron chi connectivity index (χ3n) is 4.70. The summed E-state index contributed by atoms with van der Waals surface area (Å²) in [5.41, 5.74) is 5.11. The zero-order valence-corrected chi connectivity index (χ0v) is 19.0. The Morgan fingerprint density at radius 1 is 1.17 bits per heavy atom. The van der Waals surface area contributed by atoms with Gasteiger partial charge in [0.2, 0.25) is 0 Å². The van der Waals surface area contributed by atoms with Gasteiger partial charge in [0.1, 0.15) is 5.01 Å². The van der Waals surface area contributed by atoms with Crippen LogP contribution in [0.4, 0.5) is 5.69 Å². The summed E-state index contributed by atoms with van der Waals surface area (Å²) in [5, 5.41) is 8.25. The van der Waals surface area contributed by atoms with Gasteiger partial charge in [0, 0.05) is 42.5 Å². The van der Waals surface area contributed by atoms with Crippen molar-refractivity contribution in [2.75, 3.05) is 19.0 Å². The van der Waals surface area contributed by atoms with Gasteiger partial charge in [0.15, 0.2) is 5.78 Å². The number of hydrogen-bond acceptors (Lipinski definition) is 7. The number of hydrogen-bond donors (Lipinski definition) is 0. The maximum atomic E-state index is 12.6. The van der Waals surface area contributed by atoms with E-state index in [1.54, 1.807) is 16.0 Å². The van der Waals surface area contributed by atoms with Crippen molar-refractivity contribution in [2.45, 2.75) is 26.8 Å². The fourth-order valence-corrected chi connectivity index (χ4v) is 5.14. The second kappa shape index (κ2) is 8.49. The molecule has 0 saturated heterocycles. The molecule has 0 radical (unpaired) electrons. The first-order chi connectivity index (χ1) is 14.4. The van der Waals surface area contributed by atoms with Gasteiger partial charge in [-0.25, -0.2) is 9.97 Å². The molecule has 4 rings (SSSR count). The number of thiazole rings is 2. The Hall–Kier alpha value is -2.84. The lowest BCUT2D eigenvalue weighted by Gasteiger charge is -2.16. The van der Waals surface area contributed by atoms with Crippen molar-refractivity contribution in [3.8, 4) is 21.7 Å². The van der Waals surface area contributed by atoms with Crippen LogP contribution in [0.5, 0.6) is 0 Å². The summed E-state index contributed by atoms with van der Waals surface area (Å²) in [4.78, 5) is 24.9. The molecule has 4 aromatic rings. The molecule has 0 aliphatic heterocycles. The fraction of sp³-hybridized carbons (Fsp3) is 0.273. The molecule has 0 unspecified atom stereocenters. The monoisotopic (exact) mass is 437 g/mol. The molecule has 0 spiro atoms. The number of nitrogens with zero attached hydrogens (tertiary/aromatic N) is 5. The van der Waals surface area contributed by atoms with E-state index < -0.39 is 0 Å². The molecule has 6 nitrogen and oxygen atoms in total. The molecular formula is C22H23N5OS2. The van der Waals surface area contributed by atoms with Crippen LogP contribution in [-0.2, 0) is 17.8 Å². The van der Waals surface area contributed by atoms with E-state index in [1.165, 1.54) is 11.3 Å². The Morgan fingerprint density at radius 2 is 1.97 bits per heavy atom. The van der Waals surface area contributed by atoms with Crippen LogP contribution in [0.1, 0.15) is 15.7 Å². The minimum absolute atomic E-state index is 0.0867. The molecule has 0 saturated carbocycles. The highest BCUT2D eigenvalue weighted by molar-refractivity contribution is 7.16. The third kappa shape index (κ3) is 4.34. The van der Waals surface area contributed by atoms with E-state index in [1.807, 2.05) is 57.8 Å². The quantitative estimate of drug-likeness (QED) is 0.422. The summed E-state index contributed by atoms with van der Waals surface area (Å²) in [7, 11) is 4.04. The van der Waals surface area contributed by atoms with E-state index >= 15 is 0 Å². The Labute approximate surface area is 183 Å². The number of benzene rings is 1. The van der Waals surface area contributed by atoms with E-state index in [2.05, 4.69) is 32.1 Å². The van der Waals surface area contributed by atoms with Gasteiger partial charge < -0.3 is 4.90 Å². The predicted molar refractivity (Wildman–Crippen MR) is 123 cm³/mol. The van der Waals surface area contributed by atoms with Gasteiger partial charge in [-0.05, 0) is 19.9 Å². The molecule has 0 N–H and O–H groups in total. The number of aryl methyl sites for hydroxylation is 2. The zero-order valence-electron chi connectivity index (χ0n) is 17.4. The van der Waals surface area contributed by atoms with Gasteiger partial charge in [-0.1, -0.05) is 18.2 Å². The molecule has 0 fully saturated rings. The number of anilines is 1.